The van der Waals surface area contributed by atoms with Gasteiger partial charge in [0.1, 0.15) is 11.9 Å². The number of hydrogen-bond acceptors (Lipinski definition) is 6. The Labute approximate surface area is 157 Å². The van der Waals surface area contributed by atoms with Gasteiger partial charge in [-0.05, 0) is 31.0 Å². The first kappa shape index (κ1) is 18.2. The van der Waals surface area contributed by atoms with E-state index in [-0.39, 0.29) is 36.4 Å². The minimum Gasteiger partial charge on any atom is -0.482 e. The number of carbonyl (C=O) groups is 2. The van der Waals surface area contributed by atoms with Crippen LogP contribution in [-0.4, -0.2) is 74.9 Å². The van der Waals surface area contributed by atoms with Crippen LogP contribution in [0.15, 0.2) is 23.1 Å². The average molecular weight is 395 g/mol. The molecule has 1 N–H and O–H groups in total. The summed E-state index contributed by atoms with van der Waals surface area (Å²) in [6.07, 6.45) is 1.21. The van der Waals surface area contributed by atoms with E-state index in [1.807, 2.05) is 0 Å². The predicted octanol–water partition coefficient (Wildman–Crippen LogP) is 0.0294. The molecule has 27 heavy (non-hydrogen) atoms. The Balaban J connectivity index is 1.45. The highest BCUT2D eigenvalue weighted by molar-refractivity contribution is 7.89. The summed E-state index contributed by atoms with van der Waals surface area (Å²) in [5, 5.41) is 2.61. The summed E-state index contributed by atoms with van der Waals surface area (Å²) in [4.78, 5) is 25.6. The van der Waals surface area contributed by atoms with E-state index in [2.05, 4.69) is 5.32 Å². The molecule has 1 atom stereocenters. The van der Waals surface area contributed by atoms with E-state index in [0.29, 0.717) is 31.1 Å². The second kappa shape index (κ2) is 7.10. The number of nitrogens with one attached hydrogen (secondary N) is 1. The van der Waals surface area contributed by atoms with Gasteiger partial charge in [-0.1, -0.05) is 0 Å². The van der Waals surface area contributed by atoms with Crippen molar-refractivity contribution < 1.29 is 27.5 Å². The number of hydrogen-bond donors (Lipinski definition) is 1. The van der Waals surface area contributed by atoms with Gasteiger partial charge in [0.2, 0.25) is 10.0 Å². The van der Waals surface area contributed by atoms with Gasteiger partial charge in [-0.3, -0.25) is 9.59 Å². The third-order valence-corrected chi connectivity index (χ3v) is 6.87. The Morgan fingerprint density at radius 3 is 2.67 bits per heavy atom. The van der Waals surface area contributed by atoms with Gasteiger partial charge < -0.3 is 19.7 Å². The molecule has 2 saturated heterocycles. The van der Waals surface area contributed by atoms with Crippen LogP contribution < -0.4 is 10.1 Å². The van der Waals surface area contributed by atoms with Crippen LogP contribution in [-0.2, 0) is 24.3 Å². The zero-order valence-corrected chi connectivity index (χ0v) is 15.5. The highest BCUT2D eigenvalue weighted by Gasteiger charge is 2.34. The number of nitrogens with zero attached hydrogens (tertiary/aromatic N) is 2. The molecule has 1 aromatic rings. The maximum Gasteiger partial charge on any atom is 0.262 e. The van der Waals surface area contributed by atoms with Gasteiger partial charge in [0, 0.05) is 32.8 Å². The second-order valence-corrected chi connectivity index (χ2v) is 8.66. The summed E-state index contributed by atoms with van der Waals surface area (Å²) in [6, 6.07) is 4.42. The van der Waals surface area contributed by atoms with Crippen LogP contribution in [0.4, 0.5) is 5.69 Å². The first-order chi connectivity index (χ1) is 12.9. The normalized spacial score (nSPS) is 23.5. The van der Waals surface area contributed by atoms with Crippen molar-refractivity contribution in [3.05, 3.63) is 18.2 Å². The van der Waals surface area contributed by atoms with Gasteiger partial charge in [0.25, 0.3) is 11.8 Å². The second-order valence-electron chi connectivity index (χ2n) is 6.73. The molecule has 2 amide bonds. The third kappa shape index (κ3) is 3.52. The Kier molecular flexibility index (Phi) is 4.79. The molecule has 2 fully saturated rings. The van der Waals surface area contributed by atoms with E-state index in [1.165, 1.54) is 16.4 Å². The van der Waals surface area contributed by atoms with Crippen LogP contribution in [0, 0.1) is 0 Å². The molecule has 0 spiro atoms. The van der Waals surface area contributed by atoms with Crippen molar-refractivity contribution in [1.82, 2.24) is 9.21 Å². The van der Waals surface area contributed by atoms with Crippen molar-refractivity contribution in [3.8, 4) is 5.75 Å². The van der Waals surface area contributed by atoms with E-state index in [0.717, 1.165) is 12.8 Å². The van der Waals surface area contributed by atoms with Crippen molar-refractivity contribution in [1.29, 1.82) is 0 Å². The fraction of sp³-hybridized carbons (Fsp3) is 0.529. The van der Waals surface area contributed by atoms with E-state index >= 15 is 0 Å². The third-order valence-electron chi connectivity index (χ3n) is 4.98. The van der Waals surface area contributed by atoms with Crippen molar-refractivity contribution in [3.63, 3.8) is 0 Å². The van der Waals surface area contributed by atoms with Crippen LogP contribution in [0.2, 0.25) is 0 Å². The van der Waals surface area contributed by atoms with E-state index in [1.54, 1.807) is 11.0 Å². The lowest BCUT2D eigenvalue weighted by molar-refractivity contribution is -0.142. The number of amides is 2. The lowest BCUT2D eigenvalue weighted by Crippen LogP contribution is -2.52. The van der Waals surface area contributed by atoms with Crippen molar-refractivity contribution >= 4 is 27.5 Å². The fourth-order valence-corrected chi connectivity index (χ4v) is 4.95. The van der Waals surface area contributed by atoms with Crippen LogP contribution in [0.1, 0.15) is 12.8 Å². The number of fused-ring (bicyclic) bond motifs is 1. The molecule has 0 radical (unpaired) electrons. The molecule has 146 valence electrons. The first-order valence-electron chi connectivity index (χ1n) is 8.92. The maximum atomic E-state index is 12.9. The molecule has 10 heteroatoms. The Hall–Kier alpha value is -2.17. The maximum absolute atomic E-state index is 12.9. The molecule has 1 unspecified atom stereocenters. The lowest BCUT2D eigenvalue weighted by Gasteiger charge is -2.35. The van der Waals surface area contributed by atoms with Gasteiger partial charge in [0.05, 0.1) is 10.6 Å². The number of carbonyl (C=O) groups excluding carboxylic acids is 2. The summed E-state index contributed by atoms with van der Waals surface area (Å²) in [5.74, 6) is 0.0667. The minimum absolute atomic E-state index is 0.0572. The van der Waals surface area contributed by atoms with Gasteiger partial charge >= 0.3 is 0 Å². The molecular formula is C17H21N3O6S. The molecule has 9 nitrogen and oxygen atoms in total. The molecular weight excluding hydrogens is 374 g/mol. The molecule has 4 rings (SSSR count). The number of ether oxygens (including phenoxy) is 2. The smallest absolute Gasteiger partial charge is 0.262 e. The fourth-order valence-electron chi connectivity index (χ4n) is 3.50. The minimum atomic E-state index is -3.72. The Morgan fingerprint density at radius 1 is 1.19 bits per heavy atom. The van der Waals surface area contributed by atoms with Crippen molar-refractivity contribution in [2.24, 2.45) is 0 Å². The molecule has 1 aromatic carbocycles. The van der Waals surface area contributed by atoms with Gasteiger partial charge in [-0.25, -0.2) is 8.42 Å². The Morgan fingerprint density at radius 2 is 1.96 bits per heavy atom. The van der Waals surface area contributed by atoms with E-state index in [9.17, 15) is 18.0 Å². The van der Waals surface area contributed by atoms with Crippen LogP contribution >= 0.6 is 0 Å². The van der Waals surface area contributed by atoms with E-state index in [4.69, 9.17) is 9.47 Å². The van der Waals surface area contributed by atoms with Crippen molar-refractivity contribution in [2.75, 3.05) is 44.7 Å². The average Bonchev–Trinajstić information content (AvgIpc) is 3.21. The van der Waals surface area contributed by atoms with E-state index < -0.39 is 16.1 Å². The topological polar surface area (TPSA) is 105 Å². The molecule has 0 aliphatic carbocycles. The summed E-state index contributed by atoms with van der Waals surface area (Å²) in [7, 11) is -3.72. The Bertz CT molecular complexity index is 857. The quantitative estimate of drug-likeness (QED) is 0.774. The molecule has 0 bridgehead atoms. The molecule has 3 heterocycles. The molecule has 0 saturated carbocycles. The monoisotopic (exact) mass is 395 g/mol. The number of rotatable bonds is 3. The number of piperazine rings is 1. The summed E-state index contributed by atoms with van der Waals surface area (Å²) in [5.41, 5.74) is 0.347. The van der Waals surface area contributed by atoms with Crippen LogP contribution in [0.3, 0.4) is 0 Å². The largest absolute Gasteiger partial charge is 0.482 e. The highest BCUT2D eigenvalue weighted by atomic mass is 32.2. The highest BCUT2D eigenvalue weighted by Crippen LogP contribution is 2.31. The molecule has 3 aliphatic heterocycles. The summed E-state index contributed by atoms with van der Waals surface area (Å²) < 4.78 is 37.9. The van der Waals surface area contributed by atoms with Gasteiger partial charge in [0.15, 0.2) is 6.61 Å². The van der Waals surface area contributed by atoms with Crippen LogP contribution in [0.5, 0.6) is 5.75 Å². The molecule has 0 aromatic heterocycles. The van der Waals surface area contributed by atoms with Gasteiger partial charge in [-0.15, -0.1) is 0 Å². The number of anilines is 1. The SMILES string of the molecule is O=C1COc2ccc(S(=O)(=O)N3CCN(C(=O)C4CCCO4)CC3)cc2N1. The number of sulfonamides is 1. The standard InChI is InChI=1S/C17H21N3O6S/c21-16-11-26-14-4-3-12(10-13(14)18-16)27(23,24)20-7-5-19(6-8-20)17(22)15-2-1-9-25-15/h3-4,10,15H,1-2,5-9,11H2,(H,18,21). The number of benzene rings is 1. The summed E-state index contributed by atoms with van der Waals surface area (Å²) in [6.45, 7) is 1.63. The predicted molar refractivity (Wildman–Crippen MR) is 94.9 cm³/mol. The molecule has 3 aliphatic rings. The summed E-state index contributed by atoms with van der Waals surface area (Å²) >= 11 is 0. The zero-order valence-electron chi connectivity index (χ0n) is 14.7. The lowest BCUT2D eigenvalue weighted by atomic mass is 10.2. The van der Waals surface area contributed by atoms with Crippen molar-refractivity contribution in [2.45, 2.75) is 23.8 Å². The zero-order chi connectivity index (χ0) is 19.0. The van der Waals surface area contributed by atoms with Gasteiger partial charge in [-0.2, -0.15) is 4.31 Å². The van der Waals surface area contributed by atoms with Crippen LogP contribution in [0.25, 0.3) is 0 Å². The first-order valence-corrected chi connectivity index (χ1v) is 10.4.